The van der Waals surface area contributed by atoms with Crippen molar-refractivity contribution in [2.45, 2.75) is 39.3 Å². The third-order valence-electron chi connectivity index (χ3n) is 5.36. The Kier molecular flexibility index (Phi) is 6.03. The number of nitrogen functional groups attached to an aromatic ring is 1. The molecule has 172 valence electrons. The maximum atomic E-state index is 13.1. The Morgan fingerprint density at radius 2 is 1.85 bits per heavy atom. The number of hydrogen-bond acceptors (Lipinski definition) is 6. The van der Waals surface area contributed by atoms with Crippen LogP contribution in [0.5, 0.6) is 5.75 Å². The van der Waals surface area contributed by atoms with Gasteiger partial charge in [0.05, 0.1) is 10.2 Å². The van der Waals surface area contributed by atoms with E-state index in [1.54, 1.807) is 28.4 Å². The van der Waals surface area contributed by atoms with Gasteiger partial charge in [0.15, 0.2) is 0 Å². The van der Waals surface area contributed by atoms with Crippen molar-refractivity contribution in [3.63, 3.8) is 0 Å². The van der Waals surface area contributed by atoms with Crippen molar-refractivity contribution < 1.29 is 14.6 Å². The van der Waals surface area contributed by atoms with E-state index in [1.807, 2.05) is 50.4 Å². The summed E-state index contributed by atoms with van der Waals surface area (Å²) in [6.45, 7) is 6.28. The number of hydrogen-bond donors (Lipinski definition) is 3. The summed E-state index contributed by atoms with van der Waals surface area (Å²) < 4.78 is 6.68. The first-order chi connectivity index (χ1) is 15.6. The van der Waals surface area contributed by atoms with Gasteiger partial charge in [-0.3, -0.25) is 4.79 Å². The molecule has 8 heteroatoms. The minimum Gasteiger partial charge on any atom is -0.506 e. The van der Waals surface area contributed by atoms with E-state index in [0.717, 1.165) is 32.3 Å². The largest absolute Gasteiger partial charge is 0.506 e. The van der Waals surface area contributed by atoms with Crippen LogP contribution in [0, 0.1) is 0 Å². The van der Waals surface area contributed by atoms with Crippen molar-refractivity contribution >= 4 is 44.1 Å². The Morgan fingerprint density at radius 3 is 2.61 bits per heavy atom. The molecule has 33 heavy (non-hydrogen) atoms. The summed E-state index contributed by atoms with van der Waals surface area (Å²) in [6, 6.07) is 12.3. The summed E-state index contributed by atoms with van der Waals surface area (Å²) in [5, 5.41) is 13.9. The second-order valence-electron chi connectivity index (χ2n) is 8.98. The molecular formula is C25H27N3O4S. The van der Waals surface area contributed by atoms with Gasteiger partial charge in [0.25, 0.3) is 0 Å². The second kappa shape index (κ2) is 8.78. The van der Waals surface area contributed by atoms with Crippen LogP contribution < -0.4 is 11.3 Å². The van der Waals surface area contributed by atoms with Crippen molar-refractivity contribution in [1.29, 1.82) is 0 Å². The summed E-state index contributed by atoms with van der Waals surface area (Å²) in [7, 11) is 0. The first-order valence-corrected chi connectivity index (χ1v) is 11.6. The van der Waals surface area contributed by atoms with E-state index in [0.29, 0.717) is 25.0 Å². The van der Waals surface area contributed by atoms with Crippen LogP contribution in [0.3, 0.4) is 0 Å². The molecule has 2 aromatic carbocycles. The Morgan fingerprint density at radius 1 is 1.09 bits per heavy atom. The predicted molar refractivity (Wildman–Crippen MR) is 133 cm³/mol. The number of fused-ring (bicyclic) bond motifs is 2. The van der Waals surface area contributed by atoms with E-state index >= 15 is 0 Å². The van der Waals surface area contributed by atoms with Crippen LogP contribution in [-0.2, 0) is 17.7 Å². The van der Waals surface area contributed by atoms with E-state index in [9.17, 15) is 14.7 Å². The summed E-state index contributed by atoms with van der Waals surface area (Å²) in [4.78, 5) is 29.1. The van der Waals surface area contributed by atoms with Crippen molar-refractivity contribution in [2.75, 3.05) is 12.3 Å². The van der Waals surface area contributed by atoms with Gasteiger partial charge in [0.1, 0.15) is 11.4 Å². The number of amides is 1. The third kappa shape index (κ3) is 4.96. The molecule has 0 aliphatic rings. The molecule has 0 unspecified atom stereocenters. The number of phenolic OH excluding ortho intramolecular Hbond substituents is 1. The number of nitrogens with one attached hydrogen (secondary N) is 1. The lowest BCUT2D eigenvalue weighted by Crippen LogP contribution is -2.37. The van der Waals surface area contributed by atoms with Gasteiger partial charge in [0.2, 0.25) is 5.56 Å². The average Bonchev–Trinajstić information content (AvgIpc) is 3.24. The van der Waals surface area contributed by atoms with Crippen molar-refractivity contribution in [1.82, 2.24) is 9.88 Å². The number of nitrogens with two attached hydrogens (primary N) is 1. The highest BCUT2D eigenvalue weighted by atomic mass is 32.1. The normalized spacial score (nSPS) is 11.7. The van der Waals surface area contributed by atoms with Crippen LogP contribution in [0.15, 0.2) is 52.6 Å². The first kappa shape index (κ1) is 22.7. The molecule has 4 aromatic rings. The van der Waals surface area contributed by atoms with Crippen LogP contribution in [0.2, 0.25) is 0 Å². The fourth-order valence-electron chi connectivity index (χ4n) is 3.82. The average molecular weight is 466 g/mol. The number of phenols is 1. The van der Waals surface area contributed by atoms with Crippen LogP contribution in [0.4, 0.5) is 10.5 Å². The maximum Gasteiger partial charge on any atom is 0.410 e. The van der Waals surface area contributed by atoms with Gasteiger partial charge in [-0.1, -0.05) is 12.1 Å². The summed E-state index contributed by atoms with van der Waals surface area (Å²) in [5.74, 6) is 0.0113. The lowest BCUT2D eigenvalue weighted by molar-refractivity contribution is 0.0236. The summed E-state index contributed by atoms with van der Waals surface area (Å²) >= 11 is 1.58. The molecule has 4 rings (SSSR count). The molecule has 0 radical (unpaired) electrons. The topological polar surface area (TPSA) is 109 Å². The summed E-state index contributed by atoms with van der Waals surface area (Å²) in [6.07, 6.45) is 0.114. The lowest BCUT2D eigenvalue weighted by Gasteiger charge is -2.28. The fraction of sp³-hybridized carbons (Fsp3) is 0.280. The van der Waals surface area contributed by atoms with Crippen LogP contribution in [0.25, 0.3) is 21.0 Å². The van der Waals surface area contributed by atoms with E-state index in [1.165, 1.54) is 6.07 Å². The number of rotatable bonds is 5. The molecule has 0 aliphatic carbocycles. The minimum atomic E-state index is -0.626. The van der Waals surface area contributed by atoms with Gasteiger partial charge in [0, 0.05) is 30.2 Å². The Hall–Kier alpha value is -3.52. The first-order valence-electron chi connectivity index (χ1n) is 10.7. The Bertz CT molecular complexity index is 1380. The number of carbonyl (C=O) groups is 1. The molecule has 0 saturated carbocycles. The number of ether oxygens (including phenoxy) is 1. The minimum absolute atomic E-state index is 0.0113. The molecule has 7 nitrogen and oxygen atoms in total. The van der Waals surface area contributed by atoms with Crippen LogP contribution >= 0.6 is 11.3 Å². The molecule has 0 bridgehead atoms. The van der Waals surface area contributed by atoms with E-state index in [4.69, 9.17) is 10.5 Å². The number of pyridine rings is 1. The highest BCUT2D eigenvalue weighted by molar-refractivity contribution is 7.17. The number of anilines is 1. The molecular weight excluding hydrogens is 438 g/mol. The van der Waals surface area contributed by atoms with Gasteiger partial charge in [-0.2, -0.15) is 0 Å². The Balaban J connectivity index is 1.64. The smallest absolute Gasteiger partial charge is 0.410 e. The zero-order chi connectivity index (χ0) is 23.8. The highest BCUT2D eigenvalue weighted by Crippen LogP contribution is 2.31. The zero-order valence-electron chi connectivity index (χ0n) is 18.8. The SMILES string of the molecule is CC(C)(C)OC(=O)N(CCc1ccc(O)c2[nH]c(=O)ccc12)Cc1ccc(N)c2sccc12. The van der Waals surface area contributed by atoms with Crippen molar-refractivity contribution in [3.05, 3.63) is 69.3 Å². The number of benzene rings is 2. The molecule has 2 heterocycles. The molecule has 1 amide bonds. The molecule has 0 fully saturated rings. The number of aromatic nitrogens is 1. The lowest BCUT2D eigenvalue weighted by atomic mass is 10.0. The number of aromatic amines is 1. The molecule has 4 N–H and O–H groups in total. The van der Waals surface area contributed by atoms with Gasteiger partial charge in [-0.25, -0.2) is 4.79 Å². The fourth-order valence-corrected chi connectivity index (χ4v) is 4.69. The summed E-state index contributed by atoms with van der Waals surface area (Å²) in [5.41, 5.74) is 8.21. The van der Waals surface area contributed by atoms with Crippen molar-refractivity contribution in [2.24, 2.45) is 0 Å². The van der Waals surface area contributed by atoms with E-state index in [-0.39, 0.29) is 11.3 Å². The monoisotopic (exact) mass is 465 g/mol. The third-order valence-corrected chi connectivity index (χ3v) is 6.33. The van der Waals surface area contributed by atoms with Gasteiger partial charge in [-0.15, -0.1) is 11.3 Å². The van der Waals surface area contributed by atoms with Gasteiger partial charge in [-0.05, 0) is 73.4 Å². The molecule has 0 atom stereocenters. The standard InChI is InChI=1S/C25H27N3O4S/c1-25(2,3)32-24(31)28(14-16-4-7-19(26)23-18(16)11-13-33-23)12-10-15-5-8-20(29)22-17(15)6-9-21(30)27-22/h4-9,11,13,29H,10,12,14,26H2,1-3H3,(H,27,30). The zero-order valence-corrected chi connectivity index (χ0v) is 19.7. The molecule has 2 aromatic heterocycles. The maximum absolute atomic E-state index is 13.1. The van der Waals surface area contributed by atoms with Gasteiger partial charge < -0.3 is 25.5 Å². The van der Waals surface area contributed by atoms with Crippen LogP contribution in [-0.4, -0.2) is 33.2 Å². The van der Waals surface area contributed by atoms with Gasteiger partial charge >= 0.3 is 6.09 Å². The van der Waals surface area contributed by atoms with E-state index < -0.39 is 11.7 Å². The number of H-pyrrole nitrogens is 1. The van der Waals surface area contributed by atoms with E-state index in [2.05, 4.69) is 4.98 Å². The number of thiophene rings is 1. The molecule has 0 spiro atoms. The second-order valence-corrected chi connectivity index (χ2v) is 9.90. The van der Waals surface area contributed by atoms with Crippen LogP contribution in [0.1, 0.15) is 31.9 Å². The highest BCUT2D eigenvalue weighted by Gasteiger charge is 2.23. The number of carbonyl (C=O) groups excluding carboxylic acids is 1. The quantitative estimate of drug-likeness (QED) is 0.359. The molecule has 0 aliphatic heterocycles. The number of nitrogens with zero attached hydrogens (tertiary/aromatic N) is 1. The molecule has 0 saturated heterocycles. The Labute approximate surface area is 195 Å². The van der Waals surface area contributed by atoms with Crippen molar-refractivity contribution in [3.8, 4) is 5.75 Å². The number of aromatic hydroxyl groups is 1. The predicted octanol–water partition coefficient (Wildman–Crippen LogP) is 5.01.